The van der Waals surface area contributed by atoms with Crippen LogP contribution in [0.25, 0.3) is 0 Å². The molecule has 1 rings (SSSR count). The Labute approximate surface area is 283 Å². The van der Waals surface area contributed by atoms with Crippen LogP contribution in [0.1, 0.15) is 31.2 Å². The van der Waals surface area contributed by atoms with E-state index in [-0.39, 0.29) is 89.5 Å². The zero-order valence-corrected chi connectivity index (χ0v) is 27.5. The van der Waals surface area contributed by atoms with Gasteiger partial charge in [-0.15, -0.1) is 0 Å². The van der Waals surface area contributed by atoms with E-state index in [1.165, 1.54) is 0 Å². The first-order valence-electron chi connectivity index (χ1n) is 15.9. The van der Waals surface area contributed by atoms with Gasteiger partial charge in [0, 0.05) is 38.8 Å². The molecule has 2 radical (unpaired) electrons. The zero-order chi connectivity index (χ0) is 35.2. The first-order valence-corrected chi connectivity index (χ1v) is 15.9. The molecule has 268 valence electrons. The molecule has 0 unspecified atom stereocenters. The zero-order valence-electron chi connectivity index (χ0n) is 27.5. The number of hydrogen-bond donors (Lipinski definition) is 5. The summed E-state index contributed by atoms with van der Waals surface area (Å²) in [6.45, 7) is 3.41. The van der Waals surface area contributed by atoms with E-state index >= 15 is 0 Å². The van der Waals surface area contributed by atoms with Crippen molar-refractivity contribution in [3.63, 3.8) is 0 Å². The third-order valence-corrected chi connectivity index (χ3v) is 6.16. The van der Waals surface area contributed by atoms with Crippen molar-refractivity contribution in [3.05, 3.63) is 29.8 Å². The molecule has 17 heteroatoms. The molecule has 0 fully saturated rings. The van der Waals surface area contributed by atoms with Gasteiger partial charge < -0.3 is 55.8 Å². The maximum absolute atomic E-state index is 12.7. The molecule has 48 heavy (non-hydrogen) atoms. The summed E-state index contributed by atoms with van der Waals surface area (Å²) in [5.74, 6) is -1.55. The Morgan fingerprint density at radius 1 is 0.562 bits per heavy atom. The number of nitrogens with two attached hydrogens (primary N) is 2. The molecule has 0 bridgehead atoms. The molecule has 0 saturated heterocycles. The van der Waals surface area contributed by atoms with Gasteiger partial charge in [0.05, 0.1) is 91.7 Å². The van der Waals surface area contributed by atoms with Crippen molar-refractivity contribution < 1.29 is 52.4 Å². The topological polar surface area (TPSA) is 229 Å². The highest BCUT2D eigenvalue weighted by atomic mass is 16.5. The van der Waals surface area contributed by atoms with E-state index in [1.54, 1.807) is 24.3 Å². The Hall–Kier alpha value is -3.61. The smallest absolute Gasteiger partial charge is 0.224 e. The predicted molar refractivity (Wildman–Crippen MR) is 175 cm³/mol. The molecule has 0 atom stereocenters. The van der Waals surface area contributed by atoms with Crippen LogP contribution < -0.4 is 32.9 Å². The maximum atomic E-state index is 12.7. The van der Waals surface area contributed by atoms with Crippen LogP contribution in [-0.4, -0.2) is 136 Å². The largest absolute Gasteiger partial charge is 0.379 e. The number of carbonyl (C=O) groups excluding carboxylic acids is 5. The molecule has 0 spiro atoms. The predicted octanol–water partition coefficient (Wildman–Crippen LogP) is -2.63. The van der Waals surface area contributed by atoms with Gasteiger partial charge in [-0.25, -0.2) is 0 Å². The SMILES string of the molecule is [B]c1ccc(CC(=O)NC(COCCC(=O)NCCOCCOCCC(N)=O)COCCC(=O)NCCOCCOCCC(N)=O)cc1. The van der Waals surface area contributed by atoms with Crippen LogP contribution in [0, 0.1) is 0 Å². The number of nitrogens with one attached hydrogen (secondary N) is 3. The van der Waals surface area contributed by atoms with Gasteiger partial charge in [-0.3, -0.25) is 24.0 Å². The second-order valence-corrected chi connectivity index (χ2v) is 10.4. The molecular formula is C31H50BN5O11. The third-order valence-electron chi connectivity index (χ3n) is 6.16. The van der Waals surface area contributed by atoms with Gasteiger partial charge in [0.25, 0.3) is 0 Å². The Morgan fingerprint density at radius 3 is 1.42 bits per heavy atom. The van der Waals surface area contributed by atoms with Crippen molar-refractivity contribution in [2.45, 2.75) is 38.1 Å². The van der Waals surface area contributed by atoms with Gasteiger partial charge in [0.2, 0.25) is 29.5 Å². The van der Waals surface area contributed by atoms with Crippen LogP contribution in [-0.2, 0) is 58.8 Å². The summed E-state index contributed by atoms with van der Waals surface area (Å²) in [6.07, 6.45) is 0.648. The van der Waals surface area contributed by atoms with Crippen LogP contribution in [0.5, 0.6) is 0 Å². The highest BCUT2D eigenvalue weighted by Gasteiger charge is 2.15. The van der Waals surface area contributed by atoms with Gasteiger partial charge >= 0.3 is 0 Å². The monoisotopic (exact) mass is 679 g/mol. The summed E-state index contributed by atoms with van der Waals surface area (Å²) in [6, 6.07) is 6.45. The molecule has 0 aliphatic rings. The highest BCUT2D eigenvalue weighted by molar-refractivity contribution is 6.32. The first kappa shape index (κ1) is 42.4. The summed E-state index contributed by atoms with van der Waals surface area (Å²) in [7, 11) is 5.72. The van der Waals surface area contributed by atoms with Crippen LogP contribution >= 0.6 is 0 Å². The molecule has 16 nitrogen and oxygen atoms in total. The van der Waals surface area contributed by atoms with E-state index in [4.69, 9.17) is 47.7 Å². The fourth-order valence-electron chi connectivity index (χ4n) is 3.70. The fraction of sp³-hybridized carbons (Fsp3) is 0.645. The normalized spacial score (nSPS) is 10.9. The van der Waals surface area contributed by atoms with Crippen molar-refractivity contribution in [3.8, 4) is 0 Å². The molecule has 0 heterocycles. The summed E-state index contributed by atoms with van der Waals surface area (Å²) in [4.78, 5) is 58.2. The van der Waals surface area contributed by atoms with E-state index in [0.29, 0.717) is 58.2 Å². The average molecular weight is 680 g/mol. The molecule has 1 aromatic rings. The quantitative estimate of drug-likeness (QED) is 0.0403. The Bertz CT molecular complexity index is 1010. The number of amides is 5. The van der Waals surface area contributed by atoms with Crippen LogP contribution in [0.2, 0.25) is 0 Å². The minimum atomic E-state index is -0.519. The lowest BCUT2D eigenvalue weighted by molar-refractivity contribution is -0.124. The standard InChI is InChI=1S/C31H50BN5O11/c32-25-3-1-24(2-4-25)21-31(42)37-26(22-47-13-7-29(40)35-9-15-45-19-17-43-11-5-27(33)38)23-48-14-8-30(41)36-10-16-46-20-18-44-12-6-28(34)39/h1-4,26H,5-23H2,(H2,33,38)(H2,34,39)(H,35,40)(H,36,41)(H,37,42). The lowest BCUT2D eigenvalue weighted by atomic mass is 9.95. The van der Waals surface area contributed by atoms with Crippen molar-refractivity contribution in [2.24, 2.45) is 11.5 Å². The van der Waals surface area contributed by atoms with E-state index in [1.807, 2.05) is 0 Å². The Morgan fingerprint density at radius 2 is 0.979 bits per heavy atom. The first-order chi connectivity index (χ1) is 23.2. The molecular weight excluding hydrogens is 629 g/mol. The number of benzene rings is 1. The molecule has 0 aromatic heterocycles. The third kappa shape index (κ3) is 26.5. The molecule has 5 amide bonds. The van der Waals surface area contributed by atoms with Crippen LogP contribution in [0.3, 0.4) is 0 Å². The summed E-state index contributed by atoms with van der Waals surface area (Å²) >= 11 is 0. The fourth-order valence-corrected chi connectivity index (χ4v) is 3.70. The second kappa shape index (κ2) is 28.4. The molecule has 7 N–H and O–H groups in total. The minimum Gasteiger partial charge on any atom is -0.379 e. The van der Waals surface area contributed by atoms with Crippen LogP contribution in [0.4, 0.5) is 0 Å². The second-order valence-electron chi connectivity index (χ2n) is 10.4. The van der Waals surface area contributed by atoms with Crippen molar-refractivity contribution in [2.75, 3.05) is 92.4 Å². The summed E-state index contributed by atoms with van der Waals surface area (Å²) in [5.41, 5.74) is 11.4. The van der Waals surface area contributed by atoms with E-state index in [2.05, 4.69) is 16.0 Å². The summed E-state index contributed by atoms with van der Waals surface area (Å²) < 4.78 is 32.4. The van der Waals surface area contributed by atoms with E-state index in [0.717, 1.165) is 5.56 Å². The van der Waals surface area contributed by atoms with Crippen LogP contribution in [0.15, 0.2) is 24.3 Å². The summed E-state index contributed by atoms with van der Waals surface area (Å²) in [5, 5.41) is 8.33. The van der Waals surface area contributed by atoms with Crippen molar-refractivity contribution in [1.29, 1.82) is 0 Å². The van der Waals surface area contributed by atoms with Gasteiger partial charge in [-0.05, 0) is 5.56 Å². The number of hydrogen-bond acceptors (Lipinski definition) is 11. The minimum absolute atomic E-state index is 0.0927. The number of rotatable bonds is 31. The average Bonchev–Trinajstić information content (AvgIpc) is 3.04. The van der Waals surface area contributed by atoms with Crippen molar-refractivity contribution in [1.82, 2.24) is 16.0 Å². The maximum Gasteiger partial charge on any atom is 0.224 e. The van der Waals surface area contributed by atoms with E-state index < -0.39 is 17.9 Å². The molecule has 0 aliphatic carbocycles. The van der Waals surface area contributed by atoms with Gasteiger partial charge in [-0.1, -0.05) is 29.7 Å². The number of primary amides is 2. The molecule has 1 aromatic carbocycles. The van der Waals surface area contributed by atoms with Gasteiger partial charge in [-0.2, -0.15) is 0 Å². The Kier molecular flexibility index (Phi) is 25.1. The Balaban J connectivity index is 2.28. The highest BCUT2D eigenvalue weighted by Crippen LogP contribution is 2.00. The van der Waals surface area contributed by atoms with Crippen molar-refractivity contribution >= 4 is 42.8 Å². The van der Waals surface area contributed by atoms with Gasteiger partial charge in [0.1, 0.15) is 7.85 Å². The number of ether oxygens (including phenoxy) is 6. The molecule has 0 saturated carbocycles. The lowest BCUT2D eigenvalue weighted by Crippen LogP contribution is -2.42. The lowest BCUT2D eigenvalue weighted by Gasteiger charge is -2.19. The molecule has 0 aliphatic heterocycles. The van der Waals surface area contributed by atoms with Gasteiger partial charge in [0.15, 0.2) is 0 Å². The van der Waals surface area contributed by atoms with E-state index in [9.17, 15) is 24.0 Å². The number of carbonyl (C=O) groups is 5.